The molecule has 3 N–H and O–H groups in total. The Balaban J connectivity index is 0.00000401. The van der Waals surface area contributed by atoms with E-state index in [9.17, 15) is 14.6 Å². The monoisotopic (exact) mass is 681 g/mol. The molecule has 2 aliphatic heterocycles. The van der Waals surface area contributed by atoms with Crippen LogP contribution in [0, 0.1) is 29.4 Å². The minimum Gasteiger partial charge on any atom is -0.508 e. The Morgan fingerprint density at radius 2 is 1.98 bits per heavy atom. The minimum atomic E-state index is -1.23. The molecular weight excluding hydrogens is 644 g/mol. The Labute approximate surface area is 283 Å². The normalized spacial score (nSPS) is 24.1. The van der Waals surface area contributed by atoms with Crippen molar-refractivity contribution in [3.8, 4) is 41.2 Å². The number of aliphatic hydroxyl groups is 1. The van der Waals surface area contributed by atoms with Gasteiger partial charge in [-0.05, 0) is 62.7 Å². The van der Waals surface area contributed by atoms with Crippen molar-refractivity contribution in [2.45, 2.75) is 50.7 Å². The molecule has 254 valence electrons. The van der Waals surface area contributed by atoms with Gasteiger partial charge in [-0.2, -0.15) is 9.97 Å². The molecule has 2 aromatic heterocycles. The van der Waals surface area contributed by atoms with Crippen LogP contribution in [0.15, 0.2) is 24.3 Å². The van der Waals surface area contributed by atoms with Crippen LogP contribution < -0.4 is 19.7 Å². The highest BCUT2D eigenvalue weighted by Crippen LogP contribution is 2.46. The molecule has 0 unspecified atom stereocenters. The second-order valence-electron chi connectivity index (χ2n) is 13.1. The van der Waals surface area contributed by atoms with Gasteiger partial charge < -0.3 is 34.6 Å². The number of nitrogens with zero attached hydrogens (tertiary/aromatic N) is 4. The summed E-state index contributed by atoms with van der Waals surface area (Å²) in [5, 5.41) is 26.1. The standard InChI is InChI=1S/C35H37F2N5O5.ClH/c1-4-22-24(36)9-8-20-15-21(43)16-23(26(20)22)29-28(37)30-27(32(39-29)45-3)31(42-13-14-46-18-34(2,44)17-42)41-33(40-30)47-19-35-10-5-7-25(35)38-12-6-11-35;/h1,8-9,15-16,25,38,43-44H,5-7,10-14,17-19H2,2-3H3;1H/t25-,34+,35-;/m1./s1. The highest BCUT2D eigenvalue weighted by molar-refractivity contribution is 6.04. The number of phenolic OH excluding ortho intramolecular Hbond substituents is 1. The van der Waals surface area contributed by atoms with Gasteiger partial charge in [-0.15, -0.1) is 18.8 Å². The van der Waals surface area contributed by atoms with Crippen LogP contribution in [0.3, 0.4) is 0 Å². The summed E-state index contributed by atoms with van der Waals surface area (Å²) in [6, 6.07) is 5.66. The van der Waals surface area contributed by atoms with Crippen LogP contribution in [-0.4, -0.2) is 83.4 Å². The molecule has 4 heterocycles. The second kappa shape index (κ2) is 13.1. The van der Waals surface area contributed by atoms with Crippen molar-refractivity contribution in [3.63, 3.8) is 0 Å². The summed E-state index contributed by atoms with van der Waals surface area (Å²) in [5.74, 6) is 0.905. The Morgan fingerprint density at radius 3 is 2.77 bits per heavy atom. The van der Waals surface area contributed by atoms with Crippen molar-refractivity contribution in [2.75, 3.05) is 51.5 Å². The van der Waals surface area contributed by atoms with Crippen LogP contribution in [0.1, 0.15) is 44.6 Å². The molecule has 4 aromatic rings. The van der Waals surface area contributed by atoms with E-state index in [-0.39, 0.29) is 87.5 Å². The van der Waals surface area contributed by atoms with E-state index in [1.165, 1.54) is 31.4 Å². The number of piperidine rings is 1. The number of pyridine rings is 1. The zero-order chi connectivity index (χ0) is 32.9. The number of β-amino-alcohol motifs (C(OH)–C–C–N with tert-alkyl or cyclic N) is 1. The lowest BCUT2D eigenvalue weighted by Gasteiger charge is -2.39. The Morgan fingerprint density at radius 1 is 1.17 bits per heavy atom. The summed E-state index contributed by atoms with van der Waals surface area (Å²) in [4.78, 5) is 15.7. The number of phenols is 1. The van der Waals surface area contributed by atoms with Crippen LogP contribution in [0.5, 0.6) is 17.6 Å². The van der Waals surface area contributed by atoms with Gasteiger partial charge in [0.15, 0.2) is 5.82 Å². The van der Waals surface area contributed by atoms with Crippen molar-refractivity contribution in [1.29, 1.82) is 0 Å². The Kier molecular flexibility index (Phi) is 9.26. The lowest BCUT2D eigenvalue weighted by molar-refractivity contribution is -0.0123. The number of nitrogens with one attached hydrogen (secondary N) is 1. The number of ether oxygens (including phenoxy) is 3. The number of hydrogen-bond donors (Lipinski definition) is 3. The van der Waals surface area contributed by atoms with E-state index in [2.05, 4.69) is 21.2 Å². The largest absolute Gasteiger partial charge is 0.508 e. The molecule has 2 saturated heterocycles. The average molecular weight is 682 g/mol. The quantitative estimate of drug-likeness (QED) is 0.236. The maximum absolute atomic E-state index is 17.0. The van der Waals surface area contributed by atoms with Gasteiger partial charge in [0.05, 0.1) is 39.0 Å². The molecule has 2 aromatic carbocycles. The predicted octanol–water partition coefficient (Wildman–Crippen LogP) is 5.13. The van der Waals surface area contributed by atoms with E-state index in [4.69, 9.17) is 25.6 Å². The molecule has 7 rings (SSSR count). The summed E-state index contributed by atoms with van der Waals surface area (Å²) in [6.45, 7) is 3.85. The molecule has 0 bridgehead atoms. The van der Waals surface area contributed by atoms with Gasteiger partial charge in [0.1, 0.15) is 39.6 Å². The lowest BCUT2D eigenvalue weighted by Crippen LogP contribution is -2.49. The SMILES string of the molecule is C#Cc1c(F)ccc2cc(O)cc(-c3nc(OC)c4c(N5CCOC[C@@](C)(O)C5)nc(OC[C@@]56CCCN[C@@H]5CCC6)nc4c3F)c12.Cl. The zero-order valence-corrected chi connectivity index (χ0v) is 27.6. The fourth-order valence-corrected chi connectivity index (χ4v) is 7.59. The molecule has 13 heteroatoms. The summed E-state index contributed by atoms with van der Waals surface area (Å²) in [7, 11) is 1.39. The third-order valence-corrected chi connectivity index (χ3v) is 9.74. The zero-order valence-electron chi connectivity index (χ0n) is 26.8. The van der Waals surface area contributed by atoms with Crippen LogP contribution in [0.25, 0.3) is 32.9 Å². The smallest absolute Gasteiger partial charge is 0.319 e. The molecule has 1 aliphatic carbocycles. The molecule has 10 nitrogen and oxygen atoms in total. The van der Waals surface area contributed by atoms with Crippen LogP contribution >= 0.6 is 12.4 Å². The van der Waals surface area contributed by atoms with E-state index in [0.717, 1.165) is 38.6 Å². The molecule has 0 amide bonds. The highest BCUT2D eigenvalue weighted by Gasteiger charge is 2.45. The number of benzene rings is 2. The van der Waals surface area contributed by atoms with Crippen LogP contribution in [0.4, 0.5) is 14.6 Å². The second-order valence-corrected chi connectivity index (χ2v) is 13.1. The minimum absolute atomic E-state index is 0. The van der Waals surface area contributed by atoms with Crippen molar-refractivity contribution in [1.82, 2.24) is 20.3 Å². The maximum atomic E-state index is 17.0. The predicted molar refractivity (Wildman–Crippen MR) is 180 cm³/mol. The van der Waals surface area contributed by atoms with Gasteiger partial charge in [-0.25, -0.2) is 13.8 Å². The number of hydrogen-bond acceptors (Lipinski definition) is 10. The molecule has 1 saturated carbocycles. The number of terminal acetylenes is 1. The fourth-order valence-electron chi connectivity index (χ4n) is 7.59. The summed E-state index contributed by atoms with van der Waals surface area (Å²) in [5.41, 5.74) is -1.72. The fraction of sp³-hybridized carbons (Fsp3) is 0.457. The number of rotatable bonds is 6. The Bertz CT molecular complexity index is 1920. The third-order valence-electron chi connectivity index (χ3n) is 9.74. The van der Waals surface area contributed by atoms with Crippen LogP contribution in [0.2, 0.25) is 0 Å². The van der Waals surface area contributed by atoms with Gasteiger partial charge in [0, 0.05) is 29.0 Å². The van der Waals surface area contributed by atoms with Gasteiger partial charge in [0.2, 0.25) is 5.88 Å². The van der Waals surface area contributed by atoms with Crippen molar-refractivity contribution in [3.05, 3.63) is 41.5 Å². The van der Waals surface area contributed by atoms with E-state index in [0.29, 0.717) is 31.2 Å². The summed E-state index contributed by atoms with van der Waals surface area (Å²) < 4.78 is 49.7. The number of methoxy groups -OCH3 is 1. The van der Waals surface area contributed by atoms with Crippen molar-refractivity contribution >= 4 is 39.9 Å². The average Bonchev–Trinajstić information content (AvgIpc) is 3.40. The van der Waals surface area contributed by atoms with Gasteiger partial charge in [-0.1, -0.05) is 18.4 Å². The lowest BCUT2D eigenvalue weighted by atomic mass is 9.76. The molecule has 0 radical (unpaired) electrons. The van der Waals surface area contributed by atoms with E-state index < -0.39 is 17.2 Å². The van der Waals surface area contributed by atoms with E-state index in [1.807, 2.05) is 0 Å². The third kappa shape index (κ3) is 5.94. The number of anilines is 1. The topological polar surface area (TPSA) is 122 Å². The Hall–Kier alpha value is -4.02. The van der Waals surface area contributed by atoms with Gasteiger partial charge in [-0.3, -0.25) is 0 Å². The van der Waals surface area contributed by atoms with Gasteiger partial charge >= 0.3 is 6.01 Å². The first kappa shape index (κ1) is 33.9. The van der Waals surface area contributed by atoms with Crippen molar-refractivity contribution in [2.24, 2.45) is 5.41 Å². The van der Waals surface area contributed by atoms with Crippen molar-refractivity contribution < 1.29 is 33.2 Å². The van der Waals surface area contributed by atoms with Gasteiger partial charge in [0.25, 0.3) is 0 Å². The first-order valence-corrected chi connectivity index (χ1v) is 15.9. The molecule has 48 heavy (non-hydrogen) atoms. The molecule has 3 fully saturated rings. The van der Waals surface area contributed by atoms with E-state index >= 15 is 4.39 Å². The number of fused-ring (bicyclic) bond motifs is 3. The highest BCUT2D eigenvalue weighted by atomic mass is 35.5. The molecular formula is C35H38ClF2N5O5. The molecule has 0 spiro atoms. The number of halogens is 3. The summed E-state index contributed by atoms with van der Waals surface area (Å²) >= 11 is 0. The number of aromatic nitrogens is 3. The molecule has 3 atom stereocenters. The maximum Gasteiger partial charge on any atom is 0.319 e. The first-order valence-electron chi connectivity index (χ1n) is 15.9. The van der Waals surface area contributed by atoms with E-state index in [1.54, 1.807) is 11.8 Å². The first-order chi connectivity index (χ1) is 22.6. The number of aromatic hydroxyl groups is 1. The molecule has 3 aliphatic rings. The van der Waals surface area contributed by atoms with Crippen LogP contribution in [-0.2, 0) is 4.74 Å². The summed E-state index contributed by atoms with van der Waals surface area (Å²) in [6.07, 6.45) is 10.9.